The van der Waals surface area contributed by atoms with Gasteiger partial charge in [0, 0.05) is 17.6 Å². The molecule has 0 fully saturated rings. The van der Waals surface area contributed by atoms with Gasteiger partial charge in [0.25, 0.3) is 5.91 Å². The van der Waals surface area contributed by atoms with Gasteiger partial charge in [0.2, 0.25) is 5.17 Å². The number of fused-ring (bicyclic) bond motifs is 1. The fraction of sp³-hybridized carbons (Fsp3) is 0.273. The van der Waals surface area contributed by atoms with Crippen LogP contribution in [0.1, 0.15) is 43.0 Å². The van der Waals surface area contributed by atoms with E-state index in [9.17, 15) is 4.79 Å². The highest BCUT2D eigenvalue weighted by molar-refractivity contribution is 8.26. The second-order valence-electron chi connectivity index (χ2n) is 7.21. The Labute approximate surface area is 174 Å². The maximum atomic E-state index is 12.7. The number of nitrogens with one attached hydrogen (secondary N) is 1. The molecule has 1 aromatic heterocycles. The Morgan fingerprint density at radius 2 is 2.07 bits per heavy atom. The number of unbranched alkanes of at least 4 members (excludes halogenated alkanes) is 1. The van der Waals surface area contributed by atoms with Crippen LogP contribution in [0.25, 0.3) is 11.8 Å². The third-order valence-electron chi connectivity index (χ3n) is 4.92. The number of amidine groups is 2. The number of carbonyl (C=O) groups is 1. The second kappa shape index (κ2) is 7.83. The van der Waals surface area contributed by atoms with Gasteiger partial charge in [-0.25, -0.2) is 0 Å². The van der Waals surface area contributed by atoms with Crippen LogP contribution < -0.4 is 0 Å². The molecule has 0 atom stereocenters. The van der Waals surface area contributed by atoms with Crippen LogP contribution in [0.4, 0.5) is 0 Å². The van der Waals surface area contributed by atoms with Crippen molar-refractivity contribution in [3.63, 3.8) is 0 Å². The third kappa shape index (κ3) is 3.70. The topological polar surface area (TPSA) is 73.8 Å². The first-order valence-corrected chi connectivity index (χ1v) is 10.5. The summed E-state index contributed by atoms with van der Waals surface area (Å²) in [6.45, 7) is 6.26. The lowest BCUT2D eigenvalue weighted by molar-refractivity contribution is -0.114. The molecule has 0 saturated carbocycles. The average Bonchev–Trinajstić information content (AvgIpc) is 3.30. The molecule has 1 amide bonds. The maximum Gasteiger partial charge on any atom is 0.283 e. The van der Waals surface area contributed by atoms with Crippen molar-refractivity contribution < 1.29 is 4.79 Å². The minimum Gasteiger partial charge on any atom is -0.317 e. The van der Waals surface area contributed by atoms with Gasteiger partial charge in [0.15, 0.2) is 5.84 Å². The normalized spacial score (nSPS) is 17.6. The van der Waals surface area contributed by atoms with Crippen molar-refractivity contribution in [1.82, 2.24) is 9.58 Å². The molecule has 3 heterocycles. The van der Waals surface area contributed by atoms with Gasteiger partial charge in [-0.15, -0.1) is 0 Å². The summed E-state index contributed by atoms with van der Waals surface area (Å²) in [6.07, 6.45) is 6.63. The fourth-order valence-corrected chi connectivity index (χ4v) is 4.34. The van der Waals surface area contributed by atoms with E-state index < -0.39 is 5.91 Å². The molecule has 148 valence electrons. The number of benzene rings is 1. The van der Waals surface area contributed by atoms with Crippen LogP contribution in [-0.4, -0.2) is 31.5 Å². The van der Waals surface area contributed by atoms with Crippen molar-refractivity contribution in [2.45, 2.75) is 40.0 Å². The maximum absolute atomic E-state index is 12.7. The number of carbonyl (C=O) groups excluding carboxylic acids is 1. The predicted molar refractivity (Wildman–Crippen MR) is 120 cm³/mol. The van der Waals surface area contributed by atoms with Crippen molar-refractivity contribution in [2.75, 3.05) is 0 Å². The van der Waals surface area contributed by atoms with Crippen molar-refractivity contribution in [2.24, 2.45) is 10.1 Å². The molecule has 2 aliphatic heterocycles. The summed E-state index contributed by atoms with van der Waals surface area (Å²) in [7, 11) is 0. The zero-order valence-electron chi connectivity index (χ0n) is 16.8. The van der Waals surface area contributed by atoms with Crippen molar-refractivity contribution >= 4 is 39.8 Å². The Balaban J connectivity index is 1.68. The van der Waals surface area contributed by atoms with E-state index in [1.807, 2.05) is 22.9 Å². The fourth-order valence-electron chi connectivity index (χ4n) is 3.42. The van der Waals surface area contributed by atoms with Gasteiger partial charge in [-0.2, -0.15) is 15.1 Å². The number of aromatic nitrogens is 1. The number of rotatable bonds is 5. The van der Waals surface area contributed by atoms with E-state index in [1.165, 1.54) is 22.3 Å². The Hall–Kier alpha value is -2.93. The lowest BCUT2D eigenvalue weighted by Crippen LogP contribution is -2.35. The van der Waals surface area contributed by atoms with Crippen LogP contribution in [-0.2, 0) is 4.79 Å². The summed E-state index contributed by atoms with van der Waals surface area (Å²) in [5.41, 5.74) is 4.47. The molecule has 7 heteroatoms. The summed E-state index contributed by atoms with van der Waals surface area (Å²) in [5, 5.41) is 15.9. The summed E-state index contributed by atoms with van der Waals surface area (Å²) < 4.78 is 2.02. The Bertz CT molecular complexity index is 1090. The Morgan fingerprint density at radius 1 is 1.24 bits per heavy atom. The van der Waals surface area contributed by atoms with E-state index in [-0.39, 0.29) is 11.4 Å². The predicted octanol–water partition coefficient (Wildman–Crippen LogP) is 4.90. The molecule has 0 radical (unpaired) electrons. The highest BCUT2D eigenvalue weighted by Gasteiger charge is 2.35. The molecule has 0 bridgehead atoms. The van der Waals surface area contributed by atoms with Gasteiger partial charge in [-0.1, -0.05) is 31.0 Å². The highest BCUT2D eigenvalue weighted by Crippen LogP contribution is 2.30. The van der Waals surface area contributed by atoms with Crippen molar-refractivity contribution in [1.29, 1.82) is 5.41 Å². The van der Waals surface area contributed by atoms with E-state index in [1.54, 1.807) is 6.08 Å². The minimum absolute atomic E-state index is 0.0763. The highest BCUT2D eigenvalue weighted by atomic mass is 32.2. The van der Waals surface area contributed by atoms with E-state index in [4.69, 9.17) is 5.41 Å². The molecule has 2 aromatic rings. The first kappa shape index (κ1) is 19.4. The molecule has 4 rings (SSSR count). The van der Waals surface area contributed by atoms with E-state index >= 15 is 0 Å². The largest absolute Gasteiger partial charge is 0.317 e. The van der Waals surface area contributed by atoms with Crippen LogP contribution in [0, 0.1) is 19.3 Å². The third-order valence-corrected chi connectivity index (χ3v) is 5.89. The average molecular weight is 406 g/mol. The number of hydrazone groups is 1. The van der Waals surface area contributed by atoms with Crippen LogP contribution in [0.5, 0.6) is 0 Å². The van der Waals surface area contributed by atoms with Gasteiger partial charge < -0.3 is 4.57 Å². The number of thioether (sulfide) groups is 1. The molecule has 0 spiro atoms. The van der Waals surface area contributed by atoms with E-state index in [0.717, 1.165) is 41.3 Å². The van der Waals surface area contributed by atoms with Gasteiger partial charge in [-0.05, 0) is 68.3 Å². The zero-order valence-corrected chi connectivity index (χ0v) is 17.6. The molecule has 0 saturated heterocycles. The Kier molecular flexibility index (Phi) is 5.24. The number of hydrogen-bond donors (Lipinski definition) is 1. The standard InChI is InChI=1S/C22H23N5OS/c1-4-5-8-19-25-27-20(23)17(21(28)24-22(27)29-19)13-16-7-6-11-26(16)18-10-9-14(2)12-15(18)3/h6-7,9-13,23H,4-5,8H2,1-3H3/b17-13+,23-20?. The zero-order chi connectivity index (χ0) is 20.5. The Morgan fingerprint density at radius 3 is 2.83 bits per heavy atom. The van der Waals surface area contributed by atoms with E-state index in [0.29, 0.717) is 5.17 Å². The van der Waals surface area contributed by atoms with Gasteiger partial charge in [0.1, 0.15) is 5.04 Å². The molecule has 1 N–H and O–H groups in total. The number of nitrogens with zero attached hydrogens (tertiary/aromatic N) is 4. The van der Waals surface area contributed by atoms with Gasteiger partial charge in [0.05, 0.1) is 5.57 Å². The first-order valence-electron chi connectivity index (χ1n) is 9.72. The lowest BCUT2D eigenvalue weighted by Gasteiger charge is -2.20. The van der Waals surface area contributed by atoms with Crippen LogP contribution in [0.2, 0.25) is 0 Å². The molecule has 2 aliphatic rings. The molecular formula is C22H23N5OS. The van der Waals surface area contributed by atoms with Crippen LogP contribution in [0.3, 0.4) is 0 Å². The monoisotopic (exact) mass is 405 g/mol. The first-order chi connectivity index (χ1) is 14.0. The molecule has 6 nitrogen and oxygen atoms in total. The summed E-state index contributed by atoms with van der Waals surface area (Å²) in [4.78, 5) is 16.8. The molecule has 0 unspecified atom stereocenters. The second-order valence-corrected chi connectivity index (χ2v) is 8.25. The molecular weight excluding hydrogens is 382 g/mol. The molecule has 0 aliphatic carbocycles. The van der Waals surface area contributed by atoms with Crippen LogP contribution in [0.15, 0.2) is 52.2 Å². The van der Waals surface area contributed by atoms with Gasteiger partial charge >= 0.3 is 0 Å². The molecule has 1 aromatic carbocycles. The summed E-state index contributed by atoms with van der Waals surface area (Å²) in [5.74, 6) is -0.318. The summed E-state index contributed by atoms with van der Waals surface area (Å²) >= 11 is 1.39. The summed E-state index contributed by atoms with van der Waals surface area (Å²) in [6, 6.07) is 10.1. The van der Waals surface area contributed by atoms with E-state index in [2.05, 4.69) is 49.1 Å². The quantitative estimate of drug-likeness (QED) is 0.719. The van der Waals surface area contributed by atoms with Crippen molar-refractivity contribution in [3.8, 4) is 5.69 Å². The van der Waals surface area contributed by atoms with Crippen molar-refractivity contribution in [3.05, 3.63) is 58.9 Å². The number of aryl methyl sites for hydroxylation is 2. The number of hydrogen-bond acceptors (Lipinski definition) is 4. The lowest BCUT2D eigenvalue weighted by atomic mass is 10.1. The minimum atomic E-state index is -0.394. The van der Waals surface area contributed by atoms with Crippen LogP contribution >= 0.6 is 11.8 Å². The smallest absolute Gasteiger partial charge is 0.283 e. The SMILES string of the molecule is CCCCC1=NN2C(=N)/C(=C\c3cccn3-c3ccc(C)cc3C)C(=O)N=C2S1. The molecule has 29 heavy (non-hydrogen) atoms. The number of aliphatic imine (C=N–C) groups is 1. The number of amides is 1. The van der Waals surface area contributed by atoms with Gasteiger partial charge in [-0.3, -0.25) is 10.2 Å².